The molecule has 0 amide bonds. The van der Waals surface area contributed by atoms with Crippen LogP contribution in [-0.4, -0.2) is 10.9 Å². The van der Waals surface area contributed by atoms with Crippen molar-refractivity contribution in [3.05, 3.63) is 70.8 Å². The second-order valence-corrected chi connectivity index (χ2v) is 6.40. The maximum absolute atomic E-state index is 10.0. The van der Waals surface area contributed by atoms with Gasteiger partial charge in [0.05, 0.1) is 0 Å². The molecule has 1 unspecified atom stereocenters. The zero-order chi connectivity index (χ0) is 15.8. The third kappa shape index (κ3) is 2.80. The van der Waals surface area contributed by atoms with Crippen LogP contribution < -0.4 is 0 Å². The molecule has 0 saturated carbocycles. The van der Waals surface area contributed by atoms with Crippen LogP contribution in [0.15, 0.2) is 48.5 Å². The molecule has 3 rings (SSSR count). The molecule has 0 aliphatic carbocycles. The summed E-state index contributed by atoms with van der Waals surface area (Å²) in [6.07, 6.45) is 1.17. The number of benzene rings is 2. The number of hydrogen-bond acceptors (Lipinski definition) is 3. The first kappa shape index (κ1) is 15.2. The van der Waals surface area contributed by atoms with Crippen LogP contribution in [0, 0.1) is 13.8 Å². The Morgan fingerprint density at radius 2 is 1.23 bits per heavy atom. The average Bonchev–Trinajstić information content (AvgIpc) is 2.50. The Balaban J connectivity index is 2.06. The monoisotopic (exact) mass is 298 g/mol. The smallest absolute Gasteiger partial charge is 0.196 e. The van der Waals surface area contributed by atoms with E-state index < -0.39 is 11.4 Å². The first-order chi connectivity index (χ1) is 10.4. The van der Waals surface area contributed by atoms with Crippen molar-refractivity contribution >= 4 is 0 Å². The molecule has 3 heteroatoms. The van der Waals surface area contributed by atoms with Crippen molar-refractivity contribution in [2.45, 2.75) is 45.0 Å². The minimum atomic E-state index is -1.24. The summed E-state index contributed by atoms with van der Waals surface area (Å²) >= 11 is 0. The van der Waals surface area contributed by atoms with E-state index in [0.29, 0.717) is 12.8 Å². The number of aliphatic hydroxyl groups is 1. The van der Waals surface area contributed by atoms with E-state index in [2.05, 4.69) is 62.4 Å². The van der Waals surface area contributed by atoms with Gasteiger partial charge in [-0.2, -0.15) is 0 Å². The van der Waals surface area contributed by atoms with Crippen molar-refractivity contribution in [2.75, 3.05) is 0 Å². The van der Waals surface area contributed by atoms with Crippen LogP contribution in [-0.2, 0) is 15.4 Å². The number of hydrogen-bond donors (Lipinski definition) is 1. The molecule has 1 heterocycles. The predicted octanol–water partition coefficient (Wildman–Crippen LogP) is 4.00. The van der Waals surface area contributed by atoms with Gasteiger partial charge in [0.2, 0.25) is 0 Å². The molecular weight excluding hydrogens is 276 g/mol. The van der Waals surface area contributed by atoms with E-state index in [-0.39, 0.29) is 0 Å². The molecule has 1 fully saturated rings. The minimum absolute atomic E-state index is 0.509. The van der Waals surface area contributed by atoms with Gasteiger partial charge in [0, 0.05) is 6.42 Å². The van der Waals surface area contributed by atoms with E-state index in [4.69, 9.17) is 9.78 Å². The Labute approximate surface area is 131 Å². The molecule has 0 radical (unpaired) electrons. The summed E-state index contributed by atoms with van der Waals surface area (Å²) in [7, 11) is 0. The van der Waals surface area contributed by atoms with Crippen LogP contribution in [0.25, 0.3) is 0 Å². The van der Waals surface area contributed by atoms with Crippen molar-refractivity contribution in [1.82, 2.24) is 0 Å². The van der Waals surface area contributed by atoms with E-state index in [9.17, 15) is 5.11 Å². The zero-order valence-electron chi connectivity index (χ0n) is 13.3. The molecule has 1 aliphatic heterocycles. The Hall–Kier alpha value is -1.68. The highest BCUT2D eigenvalue weighted by Crippen LogP contribution is 2.44. The van der Waals surface area contributed by atoms with E-state index in [0.717, 1.165) is 11.1 Å². The molecular formula is C19H22O3. The third-order valence-corrected chi connectivity index (χ3v) is 4.34. The Morgan fingerprint density at radius 3 is 1.59 bits per heavy atom. The van der Waals surface area contributed by atoms with Crippen molar-refractivity contribution in [3.63, 3.8) is 0 Å². The van der Waals surface area contributed by atoms with Crippen LogP contribution in [0.5, 0.6) is 0 Å². The lowest BCUT2D eigenvalue weighted by Crippen LogP contribution is -2.44. The molecule has 22 heavy (non-hydrogen) atoms. The van der Waals surface area contributed by atoms with E-state index in [1.807, 2.05) is 0 Å². The van der Waals surface area contributed by atoms with Crippen molar-refractivity contribution < 1.29 is 14.9 Å². The Bertz CT molecular complexity index is 584. The summed E-state index contributed by atoms with van der Waals surface area (Å²) in [5.41, 5.74) is 3.80. The van der Waals surface area contributed by atoms with Gasteiger partial charge >= 0.3 is 0 Å². The van der Waals surface area contributed by atoms with Gasteiger partial charge in [-0.1, -0.05) is 59.7 Å². The summed E-state index contributed by atoms with van der Waals surface area (Å²) < 4.78 is 0. The summed E-state index contributed by atoms with van der Waals surface area (Å²) in [5.74, 6) is -1.24. The van der Waals surface area contributed by atoms with Crippen LogP contribution >= 0.6 is 0 Å². The fraction of sp³-hybridized carbons (Fsp3) is 0.368. The fourth-order valence-corrected chi connectivity index (χ4v) is 2.85. The largest absolute Gasteiger partial charge is 0.363 e. The minimum Gasteiger partial charge on any atom is -0.363 e. The molecule has 2 aromatic rings. The van der Waals surface area contributed by atoms with Crippen LogP contribution in [0.2, 0.25) is 0 Å². The highest BCUT2D eigenvalue weighted by atomic mass is 17.2. The molecule has 1 aliphatic rings. The van der Waals surface area contributed by atoms with Gasteiger partial charge in [-0.25, -0.2) is 9.78 Å². The first-order valence-corrected chi connectivity index (χ1v) is 7.65. The van der Waals surface area contributed by atoms with E-state index >= 15 is 0 Å². The second-order valence-electron chi connectivity index (χ2n) is 6.40. The molecule has 2 aromatic carbocycles. The zero-order valence-corrected chi connectivity index (χ0v) is 13.3. The van der Waals surface area contributed by atoms with E-state index in [1.165, 1.54) is 11.1 Å². The Morgan fingerprint density at radius 1 is 0.773 bits per heavy atom. The highest BCUT2D eigenvalue weighted by Gasteiger charge is 2.45. The quantitative estimate of drug-likeness (QED) is 0.852. The van der Waals surface area contributed by atoms with Gasteiger partial charge in [-0.15, -0.1) is 0 Å². The first-order valence-electron chi connectivity index (χ1n) is 7.65. The lowest BCUT2D eigenvalue weighted by Gasteiger charge is -2.41. The third-order valence-electron chi connectivity index (χ3n) is 4.34. The highest BCUT2D eigenvalue weighted by molar-refractivity contribution is 5.39. The maximum Gasteiger partial charge on any atom is 0.196 e. The summed E-state index contributed by atoms with van der Waals surface area (Å²) in [4.78, 5) is 11.1. The van der Waals surface area contributed by atoms with Crippen molar-refractivity contribution in [1.29, 1.82) is 0 Å². The standard InChI is InChI=1S/C19H22O3/c1-14-4-8-16(9-5-14)19(13-12-18(3,20)21-22-19)17-10-6-15(2)7-11-17/h4-11,20H,12-13H2,1-3H3. The number of rotatable bonds is 2. The second kappa shape index (κ2) is 5.51. The molecule has 0 aromatic heterocycles. The van der Waals surface area contributed by atoms with Crippen molar-refractivity contribution in [2.24, 2.45) is 0 Å². The molecule has 1 N–H and O–H groups in total. The van der Waals surface area contributed by atoms with Gasteiger partial charge < -0.3 is 5.11 Å². The van der Waals surface area contributed by atoms with Gasteiger partial charge in [0.25, 0.3) is 0 Å². The van der Waals surface area contributed by atoms with Gasteiger partial charge in [-0.05, 0) is 38.3 Å². The normalized spacial score (nSPS) is 24.2. The maximum atomic E-state index is 10.0. The SMILES string of the molecule is Cc1ccc(C2(c3ccc(C)cc3)CCC(C)(O)OO2)cc1. The fourth-order valence-electron chi connectivity index (χ4n) is 2.85. The number of aryl methyl sites for hydroxylation is 2. The summed E-state index contributed by atoms with van der Waals surface area (Å²) in [6.45, 7) is 5.75. The van der Waals surface area contributed by atoms with Gasteiger partial charge in [0.15, 0.2) is 11.4 Å². The van der Waals surface area contributed by atoms with Crippen LogP contribution in [0.4, 0.5) is 0 Å². The molecule has 0 spiro atoms. The van der Waals surface area contributed by atoms with Gasteiger partial charge in [0.1, 0.15) is 0 Å². The average molecular weight is 298 g/mol. The topological polar surface area (TPSA) is 38.7 Å². The van der Waals surface area contributed by atoms with E-state index in [1.54, 1.807) is 6.92 Å². The molecule has 116 valence electrons. The lowest BCUT2D eigenvalue weighted by atomic mass is 9.80. The van der Waals surface area contributed by atoms with Crippen LogP contribution in [0.1, 0.15) is 42.0 Å². The van der Waals surface area contributed by atoms with Gasteiger partial charge in [-0.3, -0.25) is 0 Å². The molecule has 1 saturated heterocycles. The Kier molecular flexibility index (Phi) is 3.81. The van der Waals surface area contributed by atoms with Crippen molar-refractivity contribution in [3.8, 4) is 0 Å². The molecule has 1 atom stereocenters. The predicted molar refractivity (Wildman–Crippen MR) is 85.2 cm³/mol. The molecule has 3 nitrogen and oxygen atoms in total. The molecule has 0 bridgehead atoms. The summed E-state index contributed by atoms with van der Waals surface area (Å²) in [5, 5.41) is 10.0. The lowest BCUT2D eigenvalue weighted by molar-refractivity contribution is -0.477. The summed E-state index contributed by atoms with van der Waals surface area (Å²) in [6, 6.07) is 16.6. The van der Waals surface area contributed by atoms with Crippen LogP contribution in [0.3, 0.4) is 0 Å².